The van der Waals surface area contributed by atoms with Crippen LogP contribution in [-0.4, -0.2) is 139 Å². The molecule has 67 heavy (non-hydrogen) atoms. The van der Waals surface area contributed by atoms with Gasteiger partial charge in [0, 0.05) is 94.2 Å². The van der Waals surface area contributed by atoms with Gasteiger partial charge in [0.15, 0.2) is 10.8 Å². The summed E-state index contributed by atoms with van der Waals surface area (Å²) < 4.78 is 34.1. The minimum absolute atomic E-state index is 0.0644. The highest BCUT2D eigenvalue weighted by molar-refractivity contribution is 6.30. The highest BCUT2D eigenvalue weighted by atomic mass is 35.5. The van der Waals surface area contributed by atoms with Crippen molar-refractivity contribution in [1.82, 2.24) is 29.8 Å². The number of hydrogen-bond donors (Lipinski definition) is 2. The molecule has 2 aliphatic heterocycles. The van der Waals surface area contributed by atoms with Gasteiger partial charge >= 0.3 is 0 Å². The van der Waals surface area contributed by atoms with Gasteiger partial charge in [0.2, 0.25) is 17.7 Å². The van der Waals surface area contributed by atoms with E-state index in [2.05, 4.69) is 25.7 Å². The minimum atomic E-state index is -0.982. The van der Waals surface area contributed by atoms with Crippen molar-refractivity contribution in [3.63, 3.8) is 0 Å². The first kappa shape index (κ1) is 52.6. The summed E-state index contributed by atoms with van der Waals surface area (Å²) in [6.07, 6.45) is 4.47. The van der Waals surface area contributed by atoms with Crippen molar-refractivity contribution in [2.45, 2.75) is 77.9 Å². The van der Waals surface area contributed by atoms with Crippen LogP contribution in [0.5, 0.6) is 5.88 Å². The fourth-order valence-electron chi connectivity index (χ4n) is 7.25. The first-order chi connectivity index (χ1) is 32.4. The number of hydrogen-bond acceptors (Lipinski definition) is 16. The van der Waals surface area contributed by atoms with Crippen LogP contribution in [0.2, 0.25) is 10.2 Å². The molecule has 2 N–H and O–H groups in total. The van der Waals surface area contributed by atoms with Crippen LogP contribution in [-0.2, 0) is 55.7 Å². The number of ketones is 2. The molecule has 1 unspecified atom stereocenters. The second-order valence-corrected chi connectivity index (χ2v) is 16.1. The molecule has 0 spiro atoms. The Hall–Kier alpha value is -5.41. The van der Waals surface area contributed by atoms with E-state index in [9.17, 15) is 28.8 Å². The number of amides is 4. The van der Waals surface area contributed by atoms with Gasteiger partial charge in [-0.15, -0.1) is 0 Å². The Balaban J connectivity index is 0.000000254. The molecule has 5 heterocycles. The predicted molar refractivity (Wildman–Crippen MR) is 246 cm³/mol. The molecule has 4 amide bonds. The van der Waals surface area contributed by atoms with Crippen LogP contribution < -0.4 is 15.4 Å². The van der Waals surface area contributed by atoms with Crippen molar-refractivity contribution in [3.8, 4) is 5.88 Å². The molecule has 4 aromatic rings. The molecule has 362 valence electrons. The maximum atomic E-state index is 13.1. The highest BCUT2D eigenvalue weighted by Crippen LogP contribution is 2.32. The third kappa shape index (κ3) is 15.0. The summed E-state index contributed by atoms with van der Waals surface area (Å²) in [6, 6.07) is 7.27. The molecule has 0 radical (unpaired) electrons. The standard InChI is InChI=1S/C25H30Cl2N4O5.C21H27N3O7/c1-4-35-9-7-20(32)6-5-8-36-25-17(10-19(26)15-29-25)11-21(33)12-18-14-28-23-13-22(27)30-31(23)24(18)16(2)34-3;1-2-29-10-11-31-13-12-30-9-8-22-15-5-3-4-14-18(15)21(28)24(20(14)27)16-6-7-17(25)23-19(16)26/h10,13-16H,4-9,11-12H2,1-3H3;3-5,16,22H,2,6-13H2,1H3,(H,23,25,26)/t16-;/m0./s1. The molecule has 19 nitrogen and oxygen atoms in total. The zero-order chi connectivity index (χ0) is 48.3. The molecule has 0 bridgehead atoms. The molecule has 21 heteroatoms. The summed E-state index contributed by atoms with van der Waals surface area (Å²) in [5, 5.41) is 10.3. The number of ether oxygens (including phenoxy) is 6. The summed E-state index contributed by atoms with van der Waals surface area (Å²) in [5.74, 6) is -1.74. The normalized spacial score (nSPS) is 15.0. The number of imide groups is 2. The van der Waals surface area contributed by atoms with E-state index in [-0.39, 0.29) is 54.5 Å². The van der Waals surface area contributed by atoms with Crippen LogP contribution in [0.1, 0.15) is 96.5 Å². The second kappa shape index (κ2) is 26.8. The van der Waals surface area contributed by atoms with Crippen molar-refractivity contribution in [2.24, 2.45) is 0 Å². The van der Waals surface area contributed by atoms with E-state index in [1.54, 1.807) is 48.2 Å². The van der Waals surface area contributed by atoms with Crippen molar-refractivity contribution in [3.05, 3.63) is 80.8 Å². The van der Waals surface area contributed by atoms with Gasteiger partial charge in [0.25, 0.3) is 11.8 Å². The summed E-state index contributed by atoms with van der Waals surface area (Å²) >= 11 is 12.2. The van der Waals surface area contributed by atoms with Gasteiger partial charge in [-0.25, -0.2) is 14.5 Å². The van der Waals surface area contributed by atoms with Crippen LogP contribution in [0.3, 0.4) is 0 Å². The number of pyridine rings is 1. The molecule has 2 aliphatic rings. The number of carbonyl (C=O) groups is 6. The highest BCUT2D eigenvalue weighted by Gasteiger charge is 2.45. The van der Waals surface area contributed by atoms with Crippen molar-refractivity contribution in [2.75, 3.05) is 78.4 Å². The number of fused-ring (bicyclic) bond motifs is 2. The van der Waals surface area contributed by atoms with Crippen molar-refractivity contribution < 1.29 is 57.2 Å². The van der Waals surface area contributed by atoms with Gasteiger partial charge < -0.3 is 33.7 Å². The summed E-state index contributed by atoms with van der Waals surface area (Å²) in [5.41, 5.74) is 3.51. The number of methoxy groups -OCH3 is 1. The lowest BCUT2D eigenvalue weighted by molar-refractivity contribution is -0.136. The SMILES string of the molecule is CCOCCC(=O)CCCOc1ncc(Cl)cc1CC(=O)Cc1cnc2cc(Cl)nn2c1[C@H](C)OC.CCOCCOCCOCCNc1cccc2c1C(=O)N(C1CCC(=O)NC1=O)C2=O. The zero-order valence-corrected chi connectivity index (χ0v) is 39.6. The van der Waals surface area contributed by atoms with E-state index in [0.29, 0.717) is 129 Å². The van der Waals surface area contributed by atoms with Gasteiger partial charge in [0.05, 0.1) is 74.2 Å². The van der Waals surface area contributed by atoms with Gasteiger partial charge in [-0.3, -0.25) is 39.0 Å². The fourth-order valence-corrected chi connectivity index (χ4v) is 7.60. The molecular weight excluding hydrogens is 913 g/mol. The Morgan fingerprint density at radius 1 is 0.851 bits per heavy atom. The van der Waals surface area contributed by atoms with Crippen LogP contribution in [0.15, 0.2) is 42.7 Å². The number of benzene rings is 1. The van der Waals surface area contributed by atoms with E-state index < -0.39 is 29.7 Å². The number of aromatic nitrogens is 4. The van der Waals surface area contributed by atoms with E-state index >= 15 is 0 Å². The zero-order valence-electron chi connectivity index (χ0n) is 38.1. The Labute approximate surface area is 398 Å². The van der Waals surface area contributed by atoms with E-state index in [4.69, 9.17) is 51.6 Å². The lowest BCUT2D eigenvalue weighted by Gasteiger charge is -2.27. The van der Waals surface area contributed by atoms with Crippen LogP contribution in [0.25, 0.3) is 5.65 Å². The third-order valence-electron chi connectivity index (χ3n) is 10.5. The average Bonchev–Trinajstić information content (AvgIpc) is 3.81. The van der Waals surface area contributed by atoms with E-state index in [0.717, 1.165) is 4.90 Å². The summed E-state index contributed by atoms with van der Waals surface area (Å²) in [4.78, 5) is 83.9. The lowest BCUT2D eigenvalue weighted by Crippen LogP contribution is -2.54. The fraction of sp³-hybridized carbons (Fsp3) is 0.500. The molecule has 2 atom stereocenters. The number of nitrogens with one attached hydrogen (secondary N) is 2. The Bertz CT molecular complexity index is 2360. The van der Waals surface area contributed by atoms with E-state index in [1.165, 1.54) is 6.20 Å². The summed E-state index contributed by atoms with van der Waals surface area (Å²) in [6.45, 7) is 10.4. The number of anilines is 1. The number of rotatable bonds is 27. The quantitative estimate of drug-likeness (QED) is 0.0577. The van der Waals surface area contributed by atoms with Crippen LogP contribution in [0.4, 0.5) is 5.69 Å². The van der Waals surface area contributed by atoms with Crippen LogP contribution >= 0.6 is 23.2 Å². The topological polar surface area (TPSA) is 228 Å². The molecular formula is C46H57Cl2N7O12. The van der Waals surface area contributed by atoms with Gasteiger partial charge in [-0.2, -0.15) is 5.10 Å². The van der Waals surface area contributed by atoms with Gasteiger partial charge in [-0.05, 0) is 51.8 Å². The maximum absolute atomic E-state index is 13.1. The average molecular weight is 971 g/mol. The monoisotopic (exact) mass is 969 g/mol. The Morgan fingerprint density at radius 3 is 2.30 bits per heavy atom. The van der Waals surface area contributed by atoms with Gasteiger partial charge in [0.1, 0.15) is 17.6 Å². The number of nitrogens with zero attached hydrogens (tertiary/aromatic N) is 5. The Morgan fingerprint density at radius 2 is 1.57 bits per heavy atom. The number of halogens is 2. The number of carbonyl (C=O) groups excluding carboxylic acids is 6. The van der Waals surface area contributed by atoms with Crippen molar-refractivity contribution in [1.29, 1.82) is 0 Å². The first-order valence-corrected chi connectivity index (χ1v) is 22.9. The van der Waals surface area contributed by atoms with Crippen LogP contribution in [0, 0.1) is 0 Å². The van der Waals surface area contributed by atoms with E-state index in [1.807, 2.05) is 20.8 Å². The molecule has 0 aliphatic carbocycles. The summed E-state index contributed by atoms with van der Waals surface area (Å²) in [7, 11) is 1.58. The predicted octanol–water partition coefficient (Wildman–Crippen LogP) is 5.22. The maximum Gasteiger partial charge on any atom is 0.264 e. The molecule has 1 aromatic carbocycles. The van der Waals surface area contributed by atoms with Gasteiger partial charge in [-0.1, -0.05) is 29.3 Å². The molecule has 0 saturated carbocycles. The third-order valence-corrected chi connectivity index (χ3v) is 10.9. The molecule has 6 rings (SSSR count). The largest absolute Gasteiger partial charge is 0.477 e. The number of piperidine rings is 1. The Kier molecular flexibility index (Phi) is 21.0. The molecule has 3 aromatic heterocycles. The number of Topliss-reactive ketones (excluding diaryl/α,β-unsaturated/α-hetero) is 2. The smallest absolute Gasteiger partial charge is 0.264 e. The minimum Gasteiger partial charge on any atom is -0.477 e. The first-order valence-electron chi connectivity index (χ1n) is 22.1. The molecule has 1 saturated heterocycles. The van der Waals surface area contributed by atoms with Crippen molar-refractivity contribution >= 4 is 69.7 Å². The molecule has 1 fully saturated rings. The second-order valence-electron chi connectivity index (χ2n) is 15.3. The lowest BCUT2D eigenvalue weighted by atomic mass is 10.0.